The van der Waals surface area contributed by atoms with Gasteiger partial charge in [0, 0.05) is 17.9 Å². The molecular weight excluding hydrogens is 348 g/mol. The largest absolute Gasteiger partial charge is 0.481 e. The summed E-state index contributed by atoms with van der Waals surface area (Å²) in [5, 5.41) is 13.8. The lowest BCUT2D eigenvalue weighted by atomic mass is 10.1. The van der Waals surface area contributed by atoms with E-state index in [1.165, 1.54) is 0 Å². The Balaban J connectivity index is 1.82. The van der Waals surface area contributed by atoms with Crippen LogP contribution < -0.4 is 4.74 Å². The fourth-order valence-corrected chi connectivity index (χ4v) is 2.61. The average molecular weight is 365 g/mol. The van der Waals surface area contributed by atoms with Gasteiger partial charge >= 0.3 is 5.97 Å². The molecule has 2 heterocycles. The molecule has 8 heteroatoms. The lowest BCUT2D eigenvalue weighted by Crippen LogP contribution is -2.04. The molecule has 7 nitrogen and oxygen atoms in total. The van der Waals surface area contributed by atoms with E-state index in [2.05, 4.69) is 10.1 Å². The molecule has 2 aromatic heterocycles. The van der Waals surface area contributed by atoms with Gasteiger partial charge in [0.05, 0.1) is 22.8 Å². The maximum absolute atomic E-state index is 10.7. The summed E-state index contributed by atoms with van der Waals surface area (Å²) in [6.45, 7) is 3.80. The maximum Gasteiger partial charge on any atom is 0.303 e. The molecule has 0 saturated heterocycles. The quantitative estimate of drug-likeness (QED) is 0.671. The second kappa shape index (κ2) is 7.14. The molecule has 1 atom stereocenters. The maximum atomic E-state index is 10.7. The molecule has 0 saturated carbocycles. The van der Waals surface area contributed by atoms with Crippen LogP contribution in [0.25, 0.3) is 11.0 Å². The summed E-state index contributed by atoms with van der Waals surface area (Å²) in [5.41, 5.74) is 1.89. The third kappa shape index (κ3) is 3.76. The van der Waals surface area contributed by atoms with Gasteiger partial charge in [-0.1, -0.05) is 23.7 Å². The van der Waals surface area contributed by atoms with Crippen molar-refractivity contribution >= 4 is 28.5 Å². The molecule has 0 amide bonds. The first-order valence-corrected chi connectivity index (χ1v) is 8.26. The van der Waals surface area contributed by atoms with Crippen LogP contribution >= 0.6 is 11.6 Å². The van der Waals surface area contributed by atoms with Crippen molar-refractivity contribution in [3.8, 4) is 5.75 Å². The molecule has 1 N–H and O–H groups in total. The summed E-state index contributed by atoms with van der Waals surface area (Å²) in [6, 6.07) is 3.30. The van der Waals surface area contributed by atoms with E-state index < -0.39 is 12.1 Å². The summed E-state index contributed by atoms with van der Waals surface area (Å²) in [7, 11) is 0. The standard InChI is InChI=1S/C17H17ClN2O5/c1-3-10-8-23-17(19-10)9(2)24-15-7-14-11(6-12(15)18)13(20-25-14)4-5-16(21)22/h6-9H,3-5H2,1-2H3,(H,21,22). The van der Waals surface area contributed by atoms with Crippen LogP contribution in [0.2, 0.25) is 5.02 Å². The predicted octanol–water partition coefficient (Wildman–Crippen LogP) is 4.19. The van der Waals surface area contributed by atoms with Gasteiger partial charge in [-0.05, 0) is 19.4 Å². The second-order valence-corrected chi connectivity index (χ2v) is 6.00. The number of ether oxygens (including phenoxy) is 1. The number of hydrogen-bond acceptors (Lipinski definition) is 6. The Hall–Kier alpha value is -2.54. The normalized spacial score (nSPS) is 12.4. The van der Waals surface area contributed by atoms with Crippen LogP contribution in [-0.4, -0.2) is 21.2 Å². The number of aryl methyl sites for hydroxylation is 2. The van der Waals surface area contributed by atoms with Crippen LogP contribution in [0, 0.1) is 0 Å². The zero-order valence-corrected chi connectivity index (χ0v) is 14.5. The van der Waals surface area contributed by atoms with Gasteiger partial charge < -0.3 is 18.8 Å². The Labute approximate surface area is 148 Å². The highest BCUT2D eigenvalue weighted by Crippen LogP contribution is 2.34. The number of carboxylic acid groups (broad SMARTS) is 1. The zero-order chi connectivity index (χ0) is 18.0. The van der Waals surface area contributed by atoms with E-state index in [0.29, 0.717) is 33.3 Å². The summed E-state index contributed by atoms with van der Waals surface area (Å²) < 4.78 is 16.5. The number of fused-ring (bicyclic) bond motifs is 1. The van der Waals surface area contributed by atoms with Gasteiger partial charge in [-0.2, -0.15) is 0 Å². The SMILES string of the molecule is CCc1coc(C(C)Oc2cc3onc(CCC(=O)O)c3cc2Cl)n1. The van der Waals surface area contributed by atoms with Crippen molar-refractivity contribution in [3.63, 3.8) is 0 Å². The lowest BCUT2D eigenvalue weighted by molar-refractivity contribution is -0.136. The molecule has 132 valence electrons. The van der Waals surface area contributed by atoms with E-state index in [9.17, 15) is 4.79 Å². The highest BCUT2D eigenvalue weighted by atomic mass is 35.5. The Morgan fingerprint density at radius 3 is 2.92 bits per heavy atom. The third-order valence-corrected chi connectivity index (χ3v) is 4.05. The number of carbonyl (C=O) groups is 1. The molecule has 0 radical (unpaired) electrons. The number of benzene rings is 1. The van der Waals surface area contributed by atoms with E-state index >= 15 is 0 Å². The predicted molar refractivity (Wildman–Crippen MR) is 89.9 cm³/mol. The summed E-state index contributed by atoms with van der Waals surface area (Å²) in [4.78, 5) is 15.0. The zero-order valence-electron chi connectivity index (χ0n) is 13.8. The number of halogens is 1. The first-order valence-electron chi connectivity index (χ1n) is 7.88. The topological polar surface area (TPSA) is 98.6 Å². The van der Waals surface area contributed by atoms with Crippen LogP contribution in [0.4, 0.5) is 0 Å². The van der Waals surface area contributed by atoms with E-state index in [-0.39, 0.29) is 12.8 Å². The highest BCUT2D eigenvalue weighted by Gasteiger charge is 2.18. The van der Waals surface area contributed by atoms with Crippen molar-refractivity contribution in [1.29, 1.82) is 0 Å². The lowest BCUT2D eigenvalue weighted by Gasteiger charge is -2.12. The van der Waals surface area contributed by atoms with Gasteiger partial charge in [0.1, 0.15) is 12.0 Å². The van der Waals surface area contributed by atoms with Crippen LogP contribution in [0.5, 0.6) is 5.75 Å². The first kappa shape index (κ1) is 17.3. The molecule has 0 aliphatic rings. The van der Waals surface area contributed by atoms with Crippen LogP contribution in [0.15, 0.2) is 27.3 Å². The summed E-state index contributed by atoms with van der Waals surface area (Å²) in [6.07, 6.45) is 2.19. The molecule has 0 aliphatic carbocycles. The summed E-state index contributed by atoms with van der Waals surface area (Å²) in [5.74, 6) is -0.0139. The van der Waals surface area contributed by atoms with Gasteiger partial charge in [-0.25, -0.2) is 4.98 Å². The molecule has 25 heavy (non-hydrogen) atoms. The molecule has 1 aromatic carbocycles. The first-order chi connectivity index (χ1) is 12.0. The molecule has 0 aliphatic heterocycles. The van der Waals surface area contributed by atoms with Crippen molar-refractivity contribution in [1.82, 2.24) is 10.1 Å². The van der Waals surface area contributed by atoms with Crippen molar-refractivity contribution in [2.75, 3.05) is 0 Å². The Kier molecular flexibility index (Phi) is 4.94. The number of rotatable bonds is 7. The monoisotopic (exact) mass is 364 g/mol. The molecular formula is C17H17ClN2O5. The average Bonchev–Trinajstić information content (AvgIpc) is 3.20. The molecule has 1 unspecified atom stereocenters. The molecule has 0 spiro atoms. The minimum Gasteiger partial charge on any atom is -0.481 e. The van der Waals surface area contributed by atoms with E-state index in [1.807, 2.05) is 13.8 Å². The molecule has 0 fully saturated rings. The van der Waals surface area contributed by atoms with Crippen LogP contribution in [0.1, 0.15) is 43.7 Å². The van der Waals surface area contributed by atoms with Crippen molar-refractivity contribution in [2.24, 2.45) is 0 Å². The minimum atomic E-state index is -0.895. The summed E-state index contributed by atoms with van der Waals surface area (Å²) >= 11 is 6.30. The van der Waals surface area contributed by atoms with Crippen LogP contribution in [-0.2, 0) is 17.6 Å². The number of nitrogens with zero attached hydrogens (tertiary/aromatic N) is 2. The van der Waals surface area contributed by atoms with Gasteiger partial charge in [0.2, 0.25) is 5.89 Å². The van der Waals surface area contributed by atoms with Crippen LogP contribution in [0.3, 0.4) is 0 Å². The molecule has 0 bridgehead atoms. The third-order valence-electron chi connectivity index (χ3n) is 3.76. The highest BCUT2D eigenvalue weighted by molar-refractivity contribution is 6.32. The Morgan fingerprint density at radius 2 is 2.24 bits per heavy atom. The van der Waals surface area contributed by atoms with Crippen molar-refractivity contribution < 1.29 is 23.6 Å². The molecule has 3 aromatic rings. The number of hydrogen-bond donors (Lipinski definition) is 1. The van der Waals surface area contributed by atoms with Gasteiger partial charge in [-0.15, -0.1) is 0 Å². The second-order valence-electron chi connectivity index (χ2n) is 5.59. The number of aromatic nitrogens is 2. The Morgan fingerprint density at radius 1 is 1.44 bits per heavy atom. The fourth-order valence-electron chi connectivity index (χ4n) is 2.40. The van der Waals surface area contributed by atoms with Gasteiger partial charge in [0.15, 0.2) is 11.7 Å². The number of oxazole rings is 1. The van der Waals surface area contributed by atoms with E-state index in [1.54, 1.807) is 18.4 Å². The fraction of sp³-hybridized carbons (Fsp3) is 0.353. The number of aliphatic carboxylic acids is 1. The smallest absolute Gasteiger partial charge is 0.303 e. The van der Waals surface area contributed by atoms with E-state index in [0.717, 1.165) is 12.1 Å². The molecule has 3 rings (SSSR count). The number of carboxylic acids is 1. The van der Waals surface area contributed by atoms with Gasteiger partial charge in [0.25, 0.3) is 0 Å². The van der Waals surface area contributed by atoms with Gasteiger partial charge in [-0.3, -0.25) is 4.79 Å². The van der Waals surface area contributed by atoms with E-state index in [4.69, 9.17) is 30.4 Å². The minimum absolute atomic E-state index is 0.0293. The Bertz CT molecular complexity index is 902. The van der Waals surface area contributed by atoms with Crippen molar-refractivity contribution in [2.45, 2.75) is 39.2 Å². The van der Waals surface area contributed by atoms with Crippen molar-refractivity contribution in [3.05, 3.63) is 40.7 Å².